The lowest BCUT2D eigenvalue weighted by Crippen LogP contribution is -1.90. The van der Waals surface area contributed by atoms with E-state index in [0.717, 1.165) is 4.51 Å². The fourth-order valence-electron chi connectivity index (χ4n) is 1.96. The van der Waals surface area contributed by atoms with Gasteiger partial charge in [0.15, 0.2) is 0 Å². The highest BCUT2D eigenvalue weighted by atomic mass is 32.1. The zero-order valence-electron chi connectivity index (χ0n) is 10.8. The minimum atomic E-state index is 0.548. The Morgan fingerprint density at radius 1 is 1.06 bits per heavy atom. The Morgan fingerprint density at radius 2 is 1.76 bits per heavy atom. The zero-order valence-corrected chi connectivity index (χ0v) is 12.4. The van der Waals surface area contributed by atoms with E-state index in [1.54, 1.807) is 0 Å². The molecule has 0 aliphatic heterocycles. The fourth-order valence-corrected chi connectivity index (χ4v) is 3.75. The van der Waals surface area contributed by atoms with Gasteiger partial charge in [-0.15, -0.1) is 11.3 Å². The van der Waals surface area contributed by atoms with Crippen molar-refractivity contribution < 1.29 is 0 Å². The summed E-state index contributed by atoms with van der Waals surface area (Å²) in [5.41, 5.74) is 1.42. The van der Waals surface area contributed by atoms with Gasteiger partial charge in [0, 0.05) is 19.5 Å². The van der Waals surface area contributed by atoms with Crippen LogP contribution in [-0.2, 0) is 0 Å². The van der Waals surface area contributed by atoms with Gasteiger partial charge in [-0.05, 0) is 23.5 Å². The second-order valence-electron chi connectivity index (χ2n) is 5.05. The van der Waals surface area contributed by atoms with Gasteiger partial charge < -0.3 is 0 Å². The quantitative estimate of drug-likeness (QED) is 0.609. The molecule has 1 aromatic heterocycles. The largest absolute Gasteiger partial charge is 0.140 e. The standard InChI is InChI=1S/C15H18S2/c1-9(2)11-6-5-7-12-13(16)8-14(10(3)4)17-15(11)12/h5-10H,1-4H3. The summed E-state index contributed by atoms with van der Waals surface area (Å²) in [4.78, 5) is 1.38. The Balaban J connectivity index is 2.83. The summed E-state index contributed by atoms with van der Waals surface area (Å²) in [5.74, 6) is 1.10. The highest BCUT2D eigenvalue weighted by molar-refractivity contribution is 7.71. The molecule has 1 aromatic carbocycles. The normalized spacial score (nSPS) is 11.6. The van der Waals surface area contributed by atoms with Crippen molar-refractivity contribution in [3.8, 4) is 0 Å². The molecule has 0 nitrogen and oxygen atoms in total. The second-order valence-corrected chi connectivity index (χ2v) is 6.57. The van der Waals surface area contributed by atoms with Gasteiger partial charge in [-0.1, -0.05) is 58.1 Å². The SMILES string of the molecule is CC(C)c1cc(=S)c2cccc(C(C)C)c2s1. The van der Waals surface area contributed by atoms with Crippen LogP contribution >= 0.6 is 23.6 Å². The molecule has 0 aliphatic carbocycles. The van der Waals surface area contributed by atoms with Gasteiger partial charge in [0.05, 0.1) is 0 Å². The van der Waals surface area contributed by atoms with Gasteiger partial charge >= 0.3 is 0 Å². The van der Waals surface area contributed by atoms with Crippen molar-refractivity contribution in [2.45, 2.75) is 39.5 Å². The number of rotatable bonds is 2. The molecule has 2 aromatic rings. The summed E-state index contributed by atoms with van der Waals surface area (Å²) in [6.45, 7) is 8.94. The van der Waals surface area contributed by atoms with E-state index in [4.69, 9.17) is 12.2 Å². The number of benzene rings is 1. The van der Waals surface area contributed by atoms with E-state index in [0.29, 0.717) is 11.8 Å². The molecule has 0 N–H and O–H groups in total. The maximum Gasteiger partial charge on any atom is 0.0474 e. The van der Waals surface area contributed by atoms with E-state index in [9.17, 15) is 0 Å². The molecule has 0 spiro atoms. The van der Waals surface area contributed by atoms with Gasteiger partial charge in [-0.25, -0.2) is 0 Å². The number of fused-ring (bicyclic) bond motifs is 1. The molecule has 17 heavy (non-hydrogen) atoms. The van der Waals surface area contributed by atoms with Crippen LogP contribution in [0.15, 0.2) is 24.3 Å². The molecule has 0 radical (unpaired) electrons. The fraction of sp³-hybridized carbons (Fsp3) is 0.400. The van der Waals surface area contributed by atoms with Crippen molar-refractivity contribution in [3.05, 3.63) is 39.2 Å². The Bertz CT molecular complexity index is 591. The minimum absolute atomic E-state index is 0.548. The van der Waals surface area contributed by atoms with Crippen LogP contribution in [0.2, 0.25) is 0 Å². The Morgan fingerprint density at radius 3 is 2.35 bits per heavy atom. The van der Waals surface area contributed by atoms with Crippen molar-refractivity contribution in [1.82, 2.24) is 0 Å². The average Bonchev–Trinajstić information content (AvgIpc) is 2.27. The number of hydrogen-bond acceptors (Lipinski definition) is 2. The molecule has 0 atom stereocenters. The Kier molecular flexibility index (Phi) is 3.64. The van der Waals surface area contributed by atoms with Crippen molar-refractivity contribution >= 4 is 33.6 Å². The van der Waals surface area contributed by atoms with E-state index < -0.39 is 0 Å². The van der Waals surface area contributed by atoms with Crippen molar-refractivity contribution in [3.63, 3.8) is 0 Å². The molecule has 0 fully saturated rings. The highest BCUT2D eigenvalue weighted by Gasteiger charge is 2.09. The molecule has 0 bridgehead atoms. The lowest BCUT2D eigenvalue weighted by Gasteiger charge is -2.12. The van der Waals surface area contributed by atoms with E-state index >= 15 is 0 Å². The predicted molar refractivity (Wildman–Crippen MR) is 80.8 cm³/mol. The predicted octanol–water partition coefficient (Wildman–Crippen LogP) is 5.88. The Hall–Kier alpha value is -0.730. The molecule has 0 saturated carbocycles. The second kappa shape index (κ2) is 4.87. The van der Waals surface area contributed by atoms with E-state index in [1.807, 2.05) is 11.3 Å². The molecular weight excluding hydrogens is 244 g/mol. The number of hydrogen-bond donors (Lipinski definition) is 0. The van der Waals surface area contributed by atoms with Crippen LogP contribution in [0.3, 0.4) is 0 Å². The van der Waals surface area contributed by atoms with Crippen molar-refractivity contribution in [1.29, 1.82) is 0 Å². The molecule has 2 rings (SSSR count). The molecule has 0 aliphatic rings. The van der Waals surface area contributed by atoms with Crippen LogP contribution in [0.4, 0.5) is 0 Å². The Labute approximate surface area is 112 Å². The smallest absolute Gasteiger partial charge is 0.0474 e. The third kappa shape index (κ3) is 2.43. The minimum Gasteiger partial charge on any atom is -0.140 e. The summed E-state index contributed by atoms with van der Waals surface area (Å²) in [7, 11) is 0. The third-order valence-electron chi connectivity index (χ3n) is 3.00. The summed E-state index contributed by atoms with van der Waals surface area (Å²) < 4.78 is 2.36. The lowest BCUT2D eigenvalue weighted by molar-refractivity contribution is 0.876. The lowest BCUT2D eigenvalue weighted by atomic mass is 10.0. The molecule has 1 heterocycles. The third-order valence-corrected chi connectivity index (χ3v) is 4.82. The van der Waals surface area contributed by atoms with Gasteiger partial charge in [0.2, 0.25) is 0 Å². The van der Waals surface area contributed by atoms with Crippen molar-refractivity contribution in [2.24, 2.45) is 0 Å². The molecule has 0 saturated heterocycles. The summed E-state index contributed by atoms with van der Waals surface area (Å²) in [5, 5.41) is 1.24. The maximum atomic E-state index is 5.51. The first kappa shape index (κ1) is 12.7. The van der Waals surface area contributed by atoms with Crippen LogP contribution in [0.1, 0.15) is 50.0 Å². The van der Waals surface area contributed by atoms with E-state index in [2.05, 4.69) is 52.0 Å². The summed E-state index contributed by atoms with van der Waals surface area (Å²) in [6, 6.07) is 8.65. The average molecular weight is 262 g/mol. The van der Waals surface area contributed by atoms with Gasteiger partial charge in [-0.2, -0.15) is 0 Å². The molecule has 0 amide bonds. The van der Waals surface area contributed by atoms with Crippen molar-refractivity contribution in [2.75, 3.05) is 0 Å². The van der Waals surface area contributed by atoms with E-state index in [-0.39, 0.29) is 0 Å². The van der Waals surface area contributed by atoms with Gasteiger partial charge in [0.25, 0.3) is 0 Å². The van der Waals surface area contributed by atoms with Crippen LogP contribution in [0.5, 0.6) is 0 Å². The maximum absolute atomic E-state index is 5.51. The molecular formula is C15H18S2. The topological polar surface area (TPSA) is 0 Å². The van der Waals surface area contributed by atoms with Crippen LogP contribution < -0.4 is 0 Å². The first-order valence-electron chi connectivity index (χ1n) is 6.07. The van der Waals surface area contributed by atoms with E-state index in [1.165, 1.54) is 20.5 Å². The molecule has 2 heteroatoms. The molecule has 90 valence electrons. The van der Waals surface area contributed by atoms with Crippen LogP contribution in [0.25, 0.3) is 10.1 Å². The van der Waals surface area contributed by atoms with Gasteiger partial charge in [-0.3, -0.25) is 0 Å². The van der Waals surface area contributed by atoms with Gasteiger partial charge in [0.1, 0.15) is 0 Å². The first-order chi connectivity index (χ1) is 8.00. The van der Waals surface area contributed by atoms with Crippen LogP contribution in [0, 0.1) is 4.51 Å². The summed E-state index contributed by atoms with van der Waals surface area (Å²) in [6.07, 6.45) is 0. The molecule has 0 unspecified atom stereocenters. The monoisotopic (exact) mass is 262 g/mol. The highest BCUT2D eigenvalue weighted by Crippen LogP contribution is 2.33. The van der Waals surface area contributed by atoms with Crippen LogP contribution in [-0.4, -0.2) is 0 Å². The zero-order chi connectivity index (χ0) is 12.6. The first-order valence-corrected chi connectivity index (χ1v) is 7.30. The summed E-state index contributed by atoms with van der Waals surface area (Å²) >= 11 is 7.41.